The SMILES string of the molecule is CCCCCCC(C)(CCCC)COCCn1cc(CC)nn1. The highest BCUT2D eigenvalue weighted by Gasteiger charge is 2.23. The number of ether oxygens (including phenoxy) is 1. The largest absolute Gasteiger partial charge is 0.379 e. The van der Waals surface area contributed by atoms with Crippen molar-refractivity contribution < 1.29 is 4.74 Å². The number of unbranched alkanes of at least 4 members (excludes halogenated alkanes) is 4. The highest BCUT2D eigenvalue weighted by Crippen LogP contribution is 2.31. The highest BCUT2D eigenvalue weighted by atomic mass is 16.5. The molecule has 0 aliphatic rings. The van der Waals surface area contributed by atoms with Crippen LogP contribution in [0.25, 0.3) is 0 Å². The van der Waals surface area contributed by atoms with Gasteiger partial charge in [0.15, 0.2) is 0 Å². The van der Waals surface area contributed by atoms with Gasteiger partial charge >= 0.3 is 0 Å². The van der Waals surface area contributed by atoms with Crippen molar-refractivity contribution in [2.24, 2.45) is 5.41 Å². The number of aryl methyl sites for hydroxylation is 1. The first-order valence-electron chi connectivity index (χ1n) is 9.60. The smallest absolute Gasteiger partial charge is 0.0824 e. The molecule has 1 atom stereocenters. The maximum absolute atomic E-state index is 6.01. The first-order chi connectivity index (χ1) is 11.1. The molecule has 1 aromatic heterocycles. The van der Waals surface area contributed by atoms with E-state index in [1.807, 2.05) is 10.9 Å². The lowest BCUT2D eigenvalue weighted by Gasteiger charge is -2.29. The summed E-state index contributed by atoms with van der Waals surface area (Å²) in [5.41, 5.74) is 1.38. The second-order valence-corrected chi connectivity index (χ2v) is 7.10. The third-order valence-corrected chi connectivity index (χ3v) is 4.63. The third kappa shape index (κ3) is 8.50. The average molecular weight is 324 g/mol. The van der Waals surface area contributed by atoms with Crippen LogP contribution in [0.1, 0.15) is 84.8 Å². The van der Waals surface area contributed by atoms with Gasteiger partial charge in [0.2, 0.25) is 0 Å². The molecule has 1 heterocycles. The molecule has 4 heteroatoms. The maximum atomic E-state index is 6.01. The number of nitrogens with zero attached hydrogens (tertiary/aromatic N) is 3. The molecule has 0 aliphatic carbocycles. The zero-order valence-corrected chi connectivity index (χ0v) is 15.8. The normalized spacial score (nSPS) is 14.1. The van der Waals surface area contributed by atoms with Crippen molar-refractivity contribution in [3.8, 4) is 0 Å². The van der Waals surface area contributed by atoms with E-state index >= 15 is 0 Å². The fourth-order valence-corrected chi connectivity index (χ4v) is 2.94. The lowest BCUT2D eigenvalue weighted by molar-refractivity contribution is 0.0350. The van der Waals surface area contributed by atoms with Gasteiger partial charge in [0.05, 0.1) is 25.5 Å². The van der Waals surface area contributed by atoms with Crippen molar-refractivity contribution in [2.45, 2.75) is 92.0 Å². The van der Waals surface area contributed by atoms with E-state index in [4.69, 9.17) is 4.74 Å². The minimum Gasteiger partial charge on any atom is -0.379 e. The summed E-state index contributed by atoms with van der Waals surface area (Å²) in [6.45, 7) is 11.4. The monoisotopic (exact) mass is 323 g/mol. The molecule has 0 radical (unpaired) electrons. The highest BCUT2D eigenvalue weighted by molar-refractivity contribution is 4.90. The molecular weight excluding hydrogens is 286 g/mol. The van der Waals surface area contributed by atoms with Crippen LogP contribution >= 0.6 is 0 Å². The summed E-state index contributed by atoms with van der Waals surface area (Å²) in [7, 11) is 0. The lowest BCUT2D eigenvalue weighted by atomic mass is 9.81. The van der Waals surface area contributed by atoms with E-state index in [0.717, 1.165) is 31.9 Å². The van der Waals surface area contributed by atoms with Crippen LogP contribution in [-0.4, -0.2) is 28.2 Å². The van der Waals surface area contributed by atoms with Crippen LogP contribution < -0.4 is 0 Å². The number of hydrogen-bond donors (Lipinski definition) is 0. The van der Waals surface area contributed by atoms with Crippen molar-refractivity contribution in [3.05, 3.63) is 11.9 Å². The summed E-state index contributed by atoms with van der Waals surface area (Å²) in [5.74, 6) is 0. The van der Waals surface area contributed by atoms with Gasteiger partial charge in [-0.1, -0.05) is 71.4 Å². The van der Waals surface area contributed by atoms with Gasteiger partial charge < -0.3 is 4.74 Å². The Kier molecular flexibility index (Phi) is 10.2. The summed E-state index contributed by atoms with van der Waals surface area (Å²) < 4.78 is 7.90. The molecule has 0 aromatic carbocycles. The second kappa shape index (κ2) is 11.6. The van der Waals surface area contributed by atoms with Gasteiger partial charge in [-0.2, -0.15) is 0 Å². The Hall–Kier alpha value is -0.900. The van der Waals surface area contributed by atoms with Crippen LogP contribution in [0.4, 0.5) is 0 Å². The Morgan fingerprint density at radius 3 is 2.43 bits per heavy atom. The zero-order valence-electron chi connectivity index (χ0n) is 15.8. The van der Waals surface area contributed by atoms with Crippen molar-refractivity contribution in [1.29, 1.82) is 0 Å². The van der Waals surface area contributed by atoms with Crippen LogP contribution in [0.2, 0.25) is 0 Å². The molecule has 4 nitrogen and oxygen atoms in total. The average Bonchev–Trinajstić information content (AvgIpc) is 3.02. The van der Waals surface area contributed by atoms with Crippen molar-refractivity contribution in [1.82, 2.24) is 15.0 Å². The minimum absolute atomic E-state index is 0.334. The predicted molar refractivity (Wildman–Crippen MR) is 96.6 cm³/mol. The molecule has 134 valence electrons. The summed E-state index contributed by atoms with van der Waals surface area (Å²) >= 11 is 0. The number of rotatable bonds is 14. The van der Waals surface area contributed by atoms with E-state index in [1.54, 1.807) is 0 Å². The predicted octanol–water partition coefficient (Wildman–Crippen LogP) is 5.02. The van der Waals surface area contributed by atoms with Crippen LogP contribution in [0.3, 0.4) is 0 Å². The van der Waals surface area contributed by atoms with E-state index in [1.165, 1.54) is 51.4 Å². The zero-order chi connectivity index (χ0) is 17.0. The summed E-state index contributed by atoms with van der Waals surface area (Å²) in [4.78, 5) is 0. The maximum Gasteiger partial charge on any atom is 0.0824 e. The van der Waals surface area contributed by atoms with Crippen LogP contribution in [0, 0.1) is 5.41 Å². The topological polar surface area (TPSA) is 39.9 Å². The molecule has 1 aromatic rings. The molecule has 0 amide bonds. The van der Waals surface area contributed by atoms with E-state index in [0.29, 0.717) is 5.41 Å². The molecule has 0 saturated carbocycles. The number of aromatic nitrogens is 3. The van der Waals surface area contributed by atoms with Crippen molar-refractivity contribution in [2.75, 3.05) is 13.2 Å². The van der Waals surface area contributed by atoms with Gasteiger partial charge in [-0.05, 0) is 24.7 Å². The van der Waals surface area contributed by atoms with E-state index in [-0.39, 0.29) is 0 Å². The molecular formula is C19H37N3O. The lowest BCUT2D eigenvalue weighted by Crippen LogP contribution is -2.24. The van der Waals surface area contributed by atoms with Gasteiger partial charge in [0.1, 0.15) is 0 Å². The first-order valence-corrected chi connectivity index (χ1v) is 9.60. The first kappa shape index (κ1) is 20.1. The third-order valence-electron chi connectivity index (χ3n) is 4.63. The standard InChI is InChI=1S/C19H37N3O/c1-5-8-10-11-13-19(4,12-9-6-2)17-23-15-14-22-16-18(7-3)20-21-22/h16H,5-15,17H2,1-4H3. The molecule has 0 bridgehead atoms. The van der Waals surface area contributed by atoms with E-state index in [9.17, 15) is 0 Å². The Morgan fingerprint density at radius 2 is 1.78 bits per heavy atom. The van der Waals surface area contributed by atoms with E-state index in [2.05, 4.69) is 38.0 Å². The fraction of sp³-hybridized carbons (Fsp3) is 0.895. The summed E-state index contributed by atoms with van der Waals surface area (Å²) in [6.07, 6.45) is 13.4. The van der Waals surface area contributed by atoms with Gasteiger partial charge in [0, 0.05) is 6.20 Å². The summed E-state index contributed by atoms with van der Waals surface area (Å²) in [6, 6.07) is 0. The fourth-order valence-electron chi connectivity index (χ4n) is 2.94. The number of hydrogen-bond acceptors (Lipinski definition) is 3. The van der Waals surface area contributed by atoms with Crippen LogP contribution in [0.5, 0.6) is 0 Å². The Balaban J connectivity index is 2.31. The van der Waals surface area contributed by atoms with Crippen molar-refractivity contribution >= 4 is 0 Å². The molecule has 23 heavy (non-hydrogen) atoms. The summed E-state index contributed by atoms with van der Waals surface area (Å²) in [5, 5.41) is 8.25. The van der Waals surface area contributed by atoms with Crippen LogP contribution in [0.15, 0.2) is 6.20 Å². The van der Waals surface area contributed by atoms with E-state index < -0.39 is 0 Å². The molecule has 0 saturated heterocycles. The quantitative estimate of drug-likeness (QED) is 0.451. The Labute approximate surface area is 143 Å². The van der Waals surface area contributed by atoms with Crippen molar-refractivity contribution in [3.63, 3.8) is 0 Å². The van der Waals surface area contributed by atoms with Gasteiger partial charge in [-0.3, -0.25) is 0 Å². The second-order valence-electron chi connectivity index (χ2n) is 7.10. The van der Waals surface area contributed by atoms with Gasteiger partial charge in [-0.25, -0.2) is 4.68 Å². The molecule has 0 aliphatic heterocycles. The molecule has 0 fully saturated rings. The molecule has 1 unspecified atom stereocenters. The van der Waals surface area contributed by atoms with Gasteiger partial charge in [-0.15, -0.1) is 5.10 Å². The van der Waals surface area contributed by atoms with Gasteiger partial charge in [0.25, 0.3) is 0 Å². The Bertz CT molecular complexity index is 405. The molecule has 0 N–H and O–H groups in total. The molecule has 0 spiro atoms. The Morgan fingerprint density at radius 1 is 1.04 bits per heavy atom. The van der Waals surface area contributed by atoms with Crippen LogP contribution in [-0.2, 0) is 17.7 Å². The minimum atomic E-state index is 0.334. The molecule has 1 rings (SSSR count).